The van der Waals surface area contributed by atoms with E-state index in [4.69, 9.17) is 0 Å². The van der Waals surface area contributed by atoms with Gasteiger partial charge in [0.1, 0.15) is 0 Å². The van der Waals surface area contributed by atoms with Gasteiger partial charge < -0.3 is 5.32 Å². The summed E-state index contributed by atoms with van der Waals surface area (Å²) in [6, 6.07) is 0.914. The van der Waals surface area contributed by atoms with Crippen LogP contribution in [0.2, 0.25) is 0 Å². The van der Waals surface area contributed by atoms with E-state index in [1.807, 2.05) is 0 Å². The standard InChI is InChI=1S/C17H34N2/c1-4-17(5-2,13-18-3)14-19-12-8-10-15-9-6-7-11-16(15)19/h15-16,18H,4-14H2,1-3H3. The Morgan fingerprint density at radius 1 is 1.05 bits per heavy atom. The van der Waals surface area contributed by atoms with Crippen molar-refractivity contribution in [2.75, 3.05) is 26.7 Å². The molecule has 1 heterocycles. The van der Waals surface area contributed by atoms with Crippen LogP contribution in [-0.2, 0) is 0 Å². The molecule has 0 amide bonds. The second kappa shape index (κ2) is 7.08. The fourth-order valence-corrected chi connectivity index (χ4v) is 4.51. The average molecular weight is 266 g/mol. The van der Waals surface area contributed by atoms with Gasteiger partial charge in [0.05, 0.1) is 0 Å². The second-order valence-corrected chi connectivity index (χ2v) is 6.96. The van der Waals surface area contributed by atoms with Crippen LogP contribution in [0.25, 0.3) is 0 Å². The van der Waals surface area contributed by atoms with Crippen LogP contribution in [0.1, 0.15) is 65.2 Å². The minimum Gasteiger partial charge on any atom is -0.319 e. The first-order chi connectivity index (χ1) is 9.24. The minimum absolute atomic E-state index is 0.494. The van der Waals surface area contributed by atoms with Crippen LogP contribution in [-0.4, -0.2) is 37.6 Å². The molecule has 0 radical (unpaired) electrons. The van der Waals surface area contributed by atoms with Crippen molar-refractivity contribution >= 4 is 0 Å². The highest BCUT2D eigenvalue weighted by Gasteiger charge is 2.37. The van der Waals surface area contributed by atoms with Gasteiger partial charge >= 0.3 is 0 Å². The van der Waals surface area contributed by atoms with E-state index in [0.717, 1.165) is 12.0 Å². The smallest absolute Gasteiger partial charge is 0.0124 e. The number of nitrogens with zero attached hydrogens (tertiary/aromatic N) is 1. The molecule has 1 aliphatic heterocycles. The maximum absolute atomic E-state index is 3.45. The lowest BCUT2D eigenvalue weighted by atomic mass is 9.75. The Morgan fingerprint density at radius 2 is 1.74 bits per heavy atom. The molecule has 1 aliphatic carbocycles. The molecule has 2 rings (SSSR count). The van der Waals surface area contributed by atoms with Crippen LogP contribution >= 0.6 is 0 Å². The Hall–Kier alpha value is -0.0800. The molecule has 0 aromatic carbocycles. The maximum atomic E-state index is 3.45. The summed E-state index contributed by atoms with van der Waals surface area (Å²) >= 11 is 0. The Morgan fingerprint density at radius 3 is 2.42 bits per heavy atom. The van der Waals surface area contributed by atoms with Gasteiger partial charge in [0.25, 0.3) is 0 Å². The van der Waals surface area contributed by atoms with Crippen molar-refractivity contribution in [1.29, 1.82) is 0 Å². The number of likely N-dealkylation sites (tertiary alicyclic amines) is 1. The van der Waals surface area contributed by atoms with E-state index >= 15 is 0 Å². The van der Waals surface area contributed by atoms with Gasteiger partial charge in [0.15, 0.2) is 0 Å². The molecule has 2 unspecified atom stereocenters. The minimum atomic E-state index is 0.494. The maximum Gasteiger partial charge on any atom is 0.0124 e. The Labute approximate surface area is 120 Å². The van der Waals surface area contributed by atoms with E-state index in [1.165, 1.54) is 71.0 Å². The van der Waals surface area contributed by atoms with Crippen LogP contribution in [0.4, 0.5) is 0 Å². The van der Waals surface area contributed by atoms with Crippen molar-refractivity contribution in [3.05, 3.63) is 0 Å². The van der Waals surface area contributed by atoms with E-state index in [-0.39, 0.29) is 0 Å². The van der Waals surface area contributed by atoms with E-state index in [0.29, 0.717) is 5.41 Å². The molecule has 2 atom stereocenters. The van der Waals surface area contributed by atoms with Gasteiger partial charge in [-0.15, -0.1) is 0 Å². The molecule has 19 heavy (non-hydrogen) atoms. The number of fused-ring (bicyclic) bond motifs is 1. The zero-order valence-corrected chi connectivity index (χ0v) is 13.4. The van der Waals surface area contributed by atoms with Crippen LogP contribution in [0.3, 0.4) is 0 Å². The van der Waals surface area contributed by atoms with Crippen LogP contribution in [0, 0.1) is 11.3 Å². The number of piperidine rings is 1. The van der Waals surface area contributed by atoms with Gasteiger partial charge in [-0.1, -0.05) is 26.7 Å². The SMILES string of the molecule is CCC(CC)(CNC)CN1CCCC2CCCCC21. The number of hydrogen-bond acceptors (Lipinski definition) is 2. The molecule has 112 valence electrons. The molecule has 2 aliphatic rings. The second-order valence-electron chi connectivity index (χ2n) is 6.96. The van der Waals surface area contributed by atoms with Gasteiger partial charge in [-0.2, -0.15) is 0 Å². The van der Waals surface area contributed by atoms with E-state index in [1.54, 1.807) is 0 Å². The quantitative estimate of drug-likeness (QED) is 0.789. The molecule has 0 aromatic rings. The fraction of sp³-hybridized carbons (Fsp3) is 1.00. The molecule has 1 N–H and O–H groups in total. The van der Waals surface area contributed by atoms with Crippen molar-refractivity contribution in [3.63, 3.8) is 0 Å². The van der Waals surface area contributed by atoms with Crippen molar-refractivity contribution in [3.8, 4) is 0 Å². The first kappa shape index (κ1) is 15.3. The van der Waals surface area contributed by atoms with Crippen LogP contribution in [0.15, 0.2) is 0 Å². The highest BCUT2D eigenvalue weighted by atomic mass is 15.2. The third kappa shape index (κ3) is 3.52. The third-order valence-electron chi connectivity index (χ3n) is 5.95. The van der Waals surface area contributed by atoms with Crippen molar-refractivity contribution < 1.29 is 0 Å². The third-order valence-corrected chi connectivity index (χ3v) is 5.95. The summed E-state index contributed by atoms with van der Waals surface area (Å²) in [5.74, 6) is 1.02. The van der Waals surface area contributed by atoms with E-state index in [2.05, 4.69) is 31.1 Å². The Bertz CT molecular complexity index is 258. The summed E-state index contributed by atoms with van der Waals surface area (Å²) in [5, 5.41) is 3.45. The van der Waals surface area contributed by atoms with Crippen LogP contribution in [0.5, 0.6) is 0 Å². The lowest BCUT2D eigenvalue weighted by Crippen LogP contribution is -2.52. The molecule has 0 bridgehead atoms. The predicted octanol–water partition coefficient (Wildman–Crippen LogP) is 3.67. The molecular formula is C17H34N2. The summed E-state index contributed by atoms with van der Waals surface area (Å²) in [6.07, 6.45) is 11.5. The molecule has 0 aromatic heterocycles. The van der Waals surface area contributed by atoms with Gasteiger partial charge in [-0.05, 0) is 63.5 Å². The zero-order chi connectivity index (χ0) is 13.7. The molecule has 0 spiro atoms. The monoisotopic (exact) mass is 266 g/mol. The normalized spacial score (nSPS) is 29.2. The zero-order valence-electron chi connectivity index (χ0n) is 13.4. The van der Waals surface area contributed by atoms with Gasteiger partial charge in [-0.25, -0.2) is 0 Å². The van der Waals surface area contributed by atoms with Gasteiger partial charge in [0.2, 0.25) is 0 Å². The number of hydrogen-bond donors (Lipinski definition) is 1. The summed E-state index contributed by atoms with van der Waals surface area (Å²) in [6.45, 7) is 8.61. The van der Waals surface area contributed by atoms with Gasteiger partial charge in [0, 0.05) is 19.1 Å². The predicted molar refractivity (Wildman–Crippen MR) is 83.5 cm³/mol. The lowest BCUT2D eigenvalue weighted by molar-refractivity contribution is 0.0206. The first-order valence-electron chi connectivity index (χ1n) is 8.63. The topological polar surface area (TPSA) is 15.3 Å². The Balaban J connectivity index is 2.02. The number of rotatable bonds is 6. The van der Waals surface area contributed by atoms with Crippen molar-refractivity contribution in [2.24, 2.45) is 11.3 Å². The number of nitrogens with one attached hydrogen (secondary N) is 1. The summed E-state index contributed by atoms with van der Waals surface area (Å²) in [4.78, 5) is 2.87. The first-order valence-corrected chi connectivity index (χ1v) is 8.63. The average Bonchev–Trinajstić information content (AvgIpc) is 2.47. The fourth-order valence-electron chi connectivity index (χ4n) is 4.51. The van der Waals surface area contributed by atoms with Crippen LogP contribution < -0.4 is 5.32 Å². The van der Waals surface area contributed by atoms with Crippen molar-refractivity contribution in [2.45, 2.75) is 71.3 Å². The van der Waals surface area contributed by atoms with E-state index in [9.17, 15) is 0 Å². The molecular weight excluding hydrogens is 232 g/mol. The van der Waals surface area contributed by atoms with E-state index < -0.39 is 0 Å². The largest absolute Gasteiger partial charge is 0.319 e. The highest BCUT2D eigenvalue weighted by molar-refractivity contribution is 4.91. The summed E-state index contributed by atoms with van der Waals surface area (Å²) in [5.41, 5.74) is 0.494. The van der Waals surface area contributed by atoms with Gasteiger partial charge in [-0.3, -0.25) is 4.90 Å². The molecule has 1 saturated carbocycles. The lowest BCUT2D eigenvalue weighted by Gasteiger charge is -2.48. The molecule has 2 nitrogen and oxygen atoms in total. The molecule has 2 heteroatoms. The highest BCUT2D eigenvalue weighted by Crippen LogP contribution is 2.38. The Kier molecular flexibility index (Phi) is 5.70. The van der Waals surface area contributed by atoms with Crippen molar-refractivity contribution in [1.82, 2.24) is 10.2 Å². The summed E-state index contributed by atoms with van der Waals surface area (Å²) < 4.78 is 0. The molecule has 1 saturated heterocycles. The molecule has 2 fully saturated rings. The summed E-state index contributed by atoms with van der Waals surface area (Å²) in [7, 11) is 2.11.